The Hall–Kier alpha value is -1.42. The first-order chi connectivity index (χ1) is 10.6. The van der Waals surface area contributed by atoms with Crippen molar-refractivity contribution in [1.29, 1.82) is 0 Å². The topological polar surface area (TPSA) is 83.6 Å². The van der Waals surface area contributed by atoms with Gasteiger partial charge in [0.2, 0.25) is 10.0 Å². The fourth-order valence-electron chi connectivity index (χ4n) is 1.75. The summed E-state index contributed by atoms with van der Waals surface area (Å²) in [6, 6.07) is 11.9. The molecular formula is C14H15BrN2O4S2. The lowest BCUT2D eigenvalue weighted by molar-refractivity contribution is 0.520. The van der Waals surface area contributed by atoms with Gasteiger partial charge >= 0.3 is 0 Å². The molecule has 124 valence electrons. The fraction of sp³-hybridized carbons (Fsp3) is 0.143. The van der Waals surface area contributed by atoms with E-state index in [4.69, 9.17) is 0 Å². The summed E-state index contributed by atoms with van der Waals surface area (Å²) in [5.41, 5.74) is 0.400. The van der Waals surface area contributed by atoms with E-state index in [2.05, 4.69) is 20.7 Å². The maximum absolute atomic E-state index is 12.4. The average Bonchev–Trinajstić information content (AvgIpc) is 2.49. The summed E-state index contributed by atoms with van der Waals surface area (Å²) in [7, 11) is -4.58. The van der Waals surface area contributed by atoms with Crippen LogP contribution in [0.2, 0.25) is 0 Å². The number of nitrogens with one attached hydrogen (secondary N) is 1. The van der Waals surface area contributed by atoms with Gasteiger partial charge in [0.1, 0.15) is 0 Å². The molecular weight excluding hydrogens is 404 g/mol. The predicted octanol–water partition coefficient (Wildman–Crippen LogP) is 2.50. The van der Waals surface area contributed by atoms with Gasteiger partial charge in [-0.2, -0.15) is 0 Å². The van der Waals surface area contributed by atoms with Crippen LogP contribution >= 0.6 is 15.9 Å². The Kier molecular flexibility index (Phi) is 5.14. The van der Waals surface area contributed by atoms with Crippen LogP contribution in [-0.2, 0) is 20.0 Å². The van der Waals surface area contributed by atoms with E-state index in [1.807, 2.05) is 0 Å². The molecule has 2 aromatic rings. The SMILES string of the molecule is CN(C)S(=O)(=O)c1ccc(S(=O)(=O)Nc2ccccc2Br)cc1. The van der Waals surface area contributed by atoms with Crippen LogP contribution in [-0.4, -0.2) is 35.2 Å². The standard InChI is InChI=1S/C14H15BrN2O4S2/c1-17(2)23(20,21)12-9-7-11(8-10-12)22(18,19)16-14-6-4-3-5-13(14)15/h3-10,16H,1-2H3. The summed E-state index contributed by atoms with van der Waals surface area (Å²) in [6.45, 7) is 0. The van der Waals surface area contributed by atoms with Gasteiger partial charge in [-0.25, -0.2) is 21.1 Å². The Morgan fingerprint density at radius 3 is 1.91 bits per heavy atom. The normalized spacial score (nSPS) is 12.3. The van der Waals surface area contributed by atoms with Crippen molar-refractivity contribution in [2.75, 3.05) is 18.8 Å². The Labute approximate surface area is 144 Å². The van der Waals surface area contributed by atoms with Crippen LogP contribution in [0.25, 0.3) is 0 Å². The molecule has 0 unspecified atom stereocenters. The van der Waals surface area contributed by atoms with Crippen molar-refractivity contribution in [3.63, 3.8) is 0 Å². The lowest BCUT2D eigenvalue weighted by Crippen LogP contribution is -2.22. The van der Waals surface area contributed by atoms with E-state index >= 15 is 0 Å². The van der Waals surface area contributed by atoms with E-state index in [0.717, 1.165) is 4.31 Å². The predicted molar refractivity (Wildman–Crippen MR) is 92.3 cm³/mol. The molecule has 0 atom stereocenters. The molecule has 0 aromatic heterocycles. The maximum Gasteiger partial charge on any atom is 0.261 e. The highest BCUT2D eigenvalue weighted by Gasteiger charge is 2.20. The summed E-state index contributed by atoms with van der Waals surface area (Å²) in [4.78, 5) is 0.00769. The third-order valence-corrected chi connectivity index (χ3v) is 6.93. The summed E-state index contributed by atoms with van der Waals surface area (Å²) in [5.74, 6) is 0. The summed E-state index contributed by atoms with van der Waals surface area (Å²) < 4.78 is 52.8. The third kappa shape index (κ3) is 3.92. The van der Waals surface area contributed by atoms with Gasteiger partial charge in [-0.15, -0.1) is 0 Å². The molecule has 1 N–H and O–H groups in total. The fourth-order valence-corrected chi connectivity index (χ4v) is 4.25. The molecule has 9 heteroatoms. The van der Waals surface area contributed by atoms with Crippen molar-refractivity contribution in [1.82, 2.24) is 4.31 Å². The van der Waals surface area contributed by atoms with E-state index in [1.165, 1.54) is 38.4 Å². The van der Waals surface area contributed by atoms with Crippen LogP contribution in [0.3, 0.4) is 0 Å². The molecule has 0 amide bonds. The summed E-state index contributed by atoms with van der Waals surface area (Å²) >= 11 is 3.26. The number of hydrogen-bond donors (Lipinski definition) is 1. The molecule has 0 bridgehead atoms. The second-order valence-electron chi connectivity index (χ2n) is 4.84. The molecule has 0 spiro atoms. The van der Waals surface area contributed by atoms with Crippen LogP contribution in [0.5, 0.6) is 0 Å². The molecule has 0 saturated carbocycles. The van der Waals surface area contributed by atoms with Gasteiger partial charge in [0.05, 0.1) is 15.5 Å². The minimum Gasteiger partial charge on any atom is -0.278 e. The monoisotopic (exact) mass is 418 g/mol. The minimum atomic E-state index is -3.81. The molecule has 2 rings (SSSR count). The molecule has 0 aliphatic rings. The third-order valence-electron chi connectivity index (χ3n) is 3.03. The first-order valence-electron chi connectivity index (χ1n) is 6.44. The second-order valence-corrected chi connectivity index (χ2v) is 9.53. The van der Waals surface area contributed by atoms with Crippen LogP contribution < -0.4 is 4.72 Å². The van der Waals surface area contributed by atoms with Crippen molar-refractivity contribution < 1.29 is 16.8 Å². The molecule has 0 saturated heterocycles. The van der Waals surface area contributed by atoms with Crippen LogP contribution in [0.4, 0.5) is 5.69 Å². The molecule has 0 heterocycles. The Balaban J connectivity index is 2.34. The first kappa shape index (κ1) is 17.9. The lowest BCUT2D eigenvalue weighted by Gasteiger charge is -2.12. The van der Waals surface area contributed by atoms with E-state index in [1.54, 1.807) is 24.3 Å². The highest BCUT2D eigenvalue weighted by molar-refractivity contribution is 9.10. The summed E-state index contributed by atoms with van der Waals surface area (Å²) in [6.07, 6.45) is 0. The maximum atomic E-state index is 12.4. The smallest absolute Gasteiger partial charge is 0.261 e. The molecule has 0 fully saturated rings. The van der Waals surface area contributed by atoms with Crippen molar-refractivity contribution in [2.45, 2.75) is 9.79 Å². The van der Waals surface area contributed by atoms with Gasteiger partial charge in [-0.3, -0.25) is 4.72 Å². The zero-order valence-corrected chi connectivity index (χ0v) is 15.6. The second kappa shape index (κ2) is 6.60. The number of rotatable bonds is 5. The molecule has 2 aromatic carbocycles. The largest absolute Gasteiger partial charge is 0.278 e. The number of para-hydroxylation sites is 1. The number of sulfonamides is 2. The van der Waals surface area contributed by atoms with Gasteiger partial charge in [-0.05, 0) is 52.3 Å². The van der Waals surface area contributed by atoms with Gasteiger partial charge in [0.15, 0.2) is 0 Å². The van der Waals surface area contributed by atoms with Crippen LogP contribution in [0.15, 0.2) is 62.8 Å². The van der Waals surface area contributed by atoms with Gasteiger partial charge < -0.3 is 0 Å². The lowest BCUT2D eigenvalue weighted by atomic mass is 10.3. The number of halogens is 1. The van der Waals surface area contributed by atoms with Crippen LogP contribution in [0.1, 0.15) is 0 Å². The zero-order chi connectivity index (χ0) is 17.3. The van der Waals surface area contributed by atoms with Crippen molar-refractivity contribution in [3.05, 3.63) is 53.0 Å². The van der Waals surface area contributed by atoms with E-state index in [9.17, 15) is 16.8 Å². The van der Waals surface area contributed by atoms with Gasteiger partial charge in [-0.1, -0.05) is 12.1 Å². The molecule has 0 radical (unpaired) electrons. The minimum absolute atomic E-state index is 0.0223. The number of hydrogen-bond acceptors (Lipinski definition) is 4. The molecule has 0 aliphatic carbocycles. The Morgan fingerprint density at radius 1 is 0.870 bits per heavy atom. The van der Waals surface area contributed by atoms with Gasteiger partial charge in [0.25, 0.3) is 10.0 Å². The number of benzene rings is 2. The van der Waals surface area contributed by atoms with E-state index in [0.29, 0.717) is 10.2 Å². The van der Waals surface area contributed by atoms with Crippen molar-refractivity contribution >= 4 is 41.7 Å². The highest BCUT2D eigenvalue weighted by atomic mass is 79.9. The quantitative estimate of drug-likeness (QED) is 0.807. The average molecular weight is 419 g/mol. The Bertz CT molecular complexity index is 908. The highest BCUT2D eigenvalue weighted by Crippen LogP contribution is 2.25. The number of anilines is 1. The molecule has 6 nitrogen and oxygen atoms in total. The van der Waals surface area contributed by atoms with Crippen molar-refractivity contribution in [2.24, 2.45) is 0 Å². The summed E-state index contributed by atoms with van der Waals surface area (Å²) in [5, 5.41) is 0. The molecule has 0 aliphatic heterocycles. The first-order valence-corrected chi connectivity index (χ1v) is 10.2. The van der Waals surface area contributed by atoms with E-state index in [-0.39, 0.29) is 9.79 Å². The van der Waals surface area contributed by atoms with E-state index < -0.39 is 20.0 Å². The zero-order valence-electron chi connectivity index (χ0n) is 12.4. The van der Waals surface area contributed by atoms with Crippen molar-refractivity contribution in [3.8, 4) is 0 Å². The van der Waals surface area contributed by atoms with Crippen LogP contribution in [0, 0.1) is 0 Å². The number of nitrogens with zero attached hydrogens (tertiary/aromatic N) is 1. The Morgan fingerprint density at radius 2 is 1.39 bits per heavy atom. The van der Waals surface area contributed by atoms with Gasteiger partial charge in [0, 0.05) is 18.6 Å². The molecule has 23 heavy (non-hydrogen) atoms.